The highest BCUT2D eigenvalue weighted by Crippen LogP contribution is 2.47. The Balaban J connectivity index is 0.00000241. The van der Waals surface area contributed by atoms with Gasteiger partial charge in [-0.2, -0.15) is 0 Å². The van der Waals surface area contributed by atoms with E-state index in [9.17, 15) is 9.59 Å². The Labute approximate surface area is 205 Å². The minimum absolute atomic E-state index is 0. The summed E-state index contributed by atoms with van der Waals surface area (Å²) in [5, 5.41) is 0. The van der Waals surface area contributed by atoms with E-state index in [2.05, 4.69) is 22.1 Å². The lowest BCUT2D eigenvalue weighted by molar-refractivity contribution is 0.0746. The van der Waals surface area contributed by atoms with Crippen molar-refractivity contribution in [1.82, 2.24) is 14.9 Å². The fourth-order valence-corrected chi connectivity index (χ4v) is 4.88. The van der Waals surface area contributed by atoms with Gasteiger partial charge in [-0.15, -0.1) is 12.4 Å². The number of hydrogen-bond donors (Lipinski definition) is 0. The van der Waals surface area contributed by atoms with Crippen LogP contribution in [0.25, 0.3) is 0 Å². The maximum absolute atomic E-state index is 13.1. The van der Waals surface area contributed by atoms with Crippen LogP contribution in [0.15, 0.2) is 30.6 Å². The van der Waals surface area contributed by atoms with Crippen LogP contribution >= 0.6 is 12.4 Å². The van der Waals surface area contributed by atoms with E-state index in [-0.39, 0.29) is 24.4 Å². The molecule has 2 saturated carbocycles. The average Bonchev–Trinajstić information content (AvgIpc) is 3.77. The third kappa shape index (κ3) is 4.31. The number of cyclic esters (lactones) is 1. The molecule has 4 fully saturated rings. The molecule has 180 valence electrons. The van der Waals surface area contributed by atoms with E-state index in [1.165, 1.54) is 41.7 Å². The second-order valence-corrected chi connectivity index (χ2v) is 9.71. The van der Waals surface area contributed by atoms with Gasteiger partial charge < -0.3 is 14.5 Å². The molecular formula is C25H30ClN5O3. The number of amides is 2. The Morgan fingerprint density at radius 2 is 1.74 bits per heavy atom. The number of halogens is 1. The minimum Gasteiger partial charge on any atom is -0.447 e. The van der Waals surface area contributed by atoms with Crippen molar-refractivity contribution in [2.45, 2.75) is 50.5 Å². The van der Waals surface area contributed by atoms with Crippen LogP contribution in [-0.2, 0) is 4.74 Å². The van der Waals surface area contributed by atoms with Crippen LogP contribution in [-0.4, -0.2) is 65.7 Å². The average molecular weight is 484 g/mol. The van der Waals surface area contributed by atoms with Crippen molar-refractivity contribution >= 4 is 36.0 Å². The first kappa shape index (κ1) is 22.9. The fraction of sp³-hybridized carbons (Fsp3) is 0.520. The summed E-state index contributed by atoms with van der Waals surface area (Å²) in [6.07, 6.45) is 8.35. The van der Waals surface area contributed by atoms with Gasteiger partial charge in [-0.3, -0.25) is 9.69 Å². The van der Waals surface area contributed by atoms with Crippen LogP contribution in [0.3, 0.4) is 0 Å². The zero-order chi connectivity index (χ0) is 22.5. The SMILES string of the molecule is C[C@@H]1COC(=O)N1c1ccc(C(=O)N2CCN(c3ncc(C4CC4)cc3C3CC3)CC2)cn1.Cl. The summed E-state index contributed by atoms with van der Waals surface area (Å²) >= 11 is 0. The predicted octanol–water partition coefficient (Wildman–Crippen LogP) is 3.96. The highest BCUT2D eigenvalue weighted by Gasteiger charge is 2.34. The van der Waals surface area contributed by atoms with E-state index >= 15 is 0 Å². The summed E-state index contributed by atoms with van der Waals surface area (Å²) in [5.41, 5.74) is 3.36. The van der Waals surface area contributed by atoms with Crippen LogP contribution in [0.2, 0.25) is 0 Å². The van der Waals surface area contributed by atoms with Crippen LogP contribution in [0.5, 0.6) is 0 Å². The summed E-state index contributed by atoms with van der Waals surface area (Å²) < 4.78 is 5.06. The lowest BCUT2D eigenvalue weighted by atomic mass is 10.1. The first-order chi connectivity index (χ1) is 16.1. The van der Waals surface area contributed by atoms with Gasteiger partial charge in [0.2, 0.25) is 0 Å². The van der Waals surface area contributed by atoms with Crippen LogP contribution in [0.1, 0.15) is 65.9 Å². The number of nitrogens with zero attached hydrogens (tertiary/aromatic N) is 5. The number of ether oxygens (including phenoxy) is 1. The molecule has 0 unspecified atom stereocenters. The zero-order valence-corrected chi connectivity index (χ0v) is 20.2. The third-order valence-corrected chi connectivity index (χ3v) is 7.18. The van der Waals surface area contributed by atoms with Crippen LogP contribution in [0.4, 0.5) is 16.4 Å². The number of pyridine rings is 2. The van der Waals surface area contributed by atoms with Gasteiger partial charge in [0.15, 0.2) is 0 Å². The Bertz CT molecular complexity index is 1080. The number of anilines is 2. The molecule has 1 atom stereocenters. The minimum atomic E-state index is -0.394. The molecule has 4 heterocycles. The molecule has 2 aliphatic heterocycles. The zero-order valence-electron chi connectivity index (χ0n) is 19.4. The monoisotopic (exact) mass is 483 g/mol. The Hall–Kier alpha value is -2.87. The normalized spacial score (nSPS) is 22.4. The standard InChI is InChI=1S/C25H29N5O3.ClH/c1-16-15-33-25(32)30(16)22-7-6-19(13-26-22)24(31)29-10-8-28(9-11-29)23-21(18-4-5-18)12-20(14-27-23)17-2-3-17;/h6-7,12-14,16-18H,2-5,8-11,15H2,1H3;1H/t16-;/m1./s1. The highest BCUT2D eigenvalue weighted by molar-refractivity contribution is 5.95. The van der Waals surface area contributed by atoms with Gasteiger partial charge in [0.05, 0.1) is 11.6 Å². The van der Waals surface area contributed by atoms with E-state index in [0.717, 1.165) is 24.8 Å². The van der Waals surface area contributed by atoms with Gasteiger partial charge in [0, 0.05) is 38.6 Å². The van der Waals surface area contributed by atoms with Crippen molar-refractivity contribution in [1.29, 1.82) is 0 Å². The van der Waals surface area contributed by atoms with Gasteiger partial charge in [-0.25, -0.2) is 14.8 Å². The molecule has 0 radical (unpaired) electrons. The summed E-state index contributed by atoms with van der Waals surface area (Å²) in [6.45, 7) is 5.15. The smallest absolute Gasteiger partial charge is 0.415 e. The molecule has 34 heavy (non-hydrogen) atoms. The first-order valence-corrected chi connectivity index (χ1v) is 12.0. The lowest BCUT2D eigenvalue weighted by Gasteiger charge is -2.36. The molecule has 0 N–H and O–H groups in total. The molecule has 0 spiro atoms. The number of piperazine rings is 1. The van der Waals surface area contributed by atoms with E-state index in [1.54, 1.807) is 18.3 Å². The Morgan fingerprint density at radius 1 is 1.00 bits per heavy atom. The number of carbonyl (C=O) groups excluding carboxylic acids is 2. The number of carbonyl (C=O) groups is 2. The van der Waals surface area contributed by atoms with Crippen molar-refractivity contribution in [3.63, 3.8) is 0 Å². The summed E-state index contributed by atoms with van der Waals surface area (Å²) in [4.78, 5) is 40.0. The second-order valence-electron chi connectivity index (χ2n) is 9.71. The molecule has 2 aromatic rings. The molecule has 6 rings (SSSR count). The van der Waals surface area contributed by atoms with Crippen molar-refractivity contribution < 1.29 is 14.3 Å². The van der Waals surface area contributed by atoms with E-state index in [4.69, 9.17) is 9.72 Å². The Kier molecular flexibility index (Phi) is 6.10. The molecule has 9 heteroatoms. The van der Waals surface area contributed by atoms with Gasteiger partial charge in [0.1, 0.15) is 18.2 Å². The van der Waals surface area contributed by atoms with Gasteiger partial charge in [-0.05, 0) is 67.7 Å². The van der Waals surface area contributed by atoms with Crippen molar-refractivity contribution in [3.05, 3.63) is 47.3 Å². The lowest BCUT2D eigenvalue weighted by Crippen LogP contribution is -2.49. The fourth-order valence-electron chi connectivity index (χ4n) is 4.88. The molecule has 2 amide bonds. The van der Waals surface area contributed by atoms with Crippen molar-refractivity contribution in [2.75, 3.05) is 42.6 Å². The molecule has 2 saturated heterocycles. The number of hydrogen-bond acceptors (Lipinski definition) is 6. The quantitative estimate of drug-likeness (QED) is 0.640. The highest BCUT2D eigenvalue weighted by atomic mass is 35.5. The van der Waals surface area contributed by atoms with Crippen molar-refractivity contribution in [2.24, 2.45) is 0 Å². The maximum atomic E-state index is 13.1. The summed E-state index contributed by atoms with van der Waals surface area (Å²) in [5.74, 6) is 2.99. The van der Waals surface area contributed by atoms with Gasteiger partial charge in [0.25, 0.3) is 5.91 Å². The predicted molar refractivity (Wildman–Crippen MR) is 131 cm³/mol. The van der Waals surface area contributed by atoms with Gasteiger partial charge >= 0.3 is 6.09 Å². The molecule has 8 nitrogen and oxygen atoms in total. The number of rotatable bonds is 5. The largest absolute Gasteiger partial charge is 0.447 e. The molecular weight excluding hydrogens is 454 g/mol. The van der Waals surface area contributed by atoms with Crippen LogP contribution in [0, 0.1) is 0 Å². The topological polar surface area (TPSA) is 78.9 Å². The van der Waals surface area contributed by atoms with E-state index < -0.39 is 6.09 Å². The molecule has 2 aliphatic carbocycles. The molecule has 4 aliphatic rings. The molecule has 0 bridgehead atoms. The summed E-state index contributed by atoms with van der Waals surface area (Å²) in [7, 11) is 0. The van der Waals surface area contributed by atoms with E-state index in [1.807, 2.05) is 11.8 Å². The molecule has 2 aromatic heterocycles. The summed E-state index contributed by atoms with van der Waals surface area (Å²) in [6, 6.07) is 5.81. The second kappa shape index (κ2) is 9.06. The van der Waals surface area contributed by atoms with Crippen molar-refractivity contribution in [3.8, 4) is 0 Å². The molecule has 0 aromatic carbocycles. The number of aromatic nitrogens is 2. The van der Waals surface area contributed by atoms with E-state index in [0.29, 0.717) is 37.0 Å². The third-order valence-electron chi connectivity index (χ3n) is 7.18. The van der Waals surface area contributed by atoms with Crippen LogP contribution < -0.4 is 9.80 Å². The Morgan fingerprint density at radius 3 is 2.32 bits per heavy atom. The van der Waals surface area contributed by atoms with Gasteiger partial charge in [-0.1, -0.05) is 6.07 Å². The maximum Gasteiger partial charge on any atom is 0.415 e. The first-order valence-electron chi connectivity index (χ1n) is 12.0.